The van der Waals surface area contributed by atoms with E-state index in [2.05, 4.69) is 15.8 Å². The van der Waals surface area contributed by atoms with Crippen LogP contribution in [0.5, 0.6) is 11.5 Å². The van der Waals surface area contributed by atoms with E-state index < -0.39 is 0 Å². The summed E-state index contributed by atoms with van der Waals surface area (Å²) in [5, 5.41) is 9.65. The third-order valence-electron chi connectivity index (χ3n) is 3.46. The second-order valence-corrected chi connectivity index (χ2v) is 5.31. The van der Waals surface area contributed by atoms with E-state index in [1.54, 1.807) is 27.2 Å². The second-order valence-electron chi connectivity index (χ2n) is 5.31. The van der Waals surface area contributed by atoms with E-state index >= 15 is 0 Å². The zero-order chi connectivity index (χ0) is 17.4. The third-order valence-corrected chi connectivity index (χ3v) is 3.46. The first-order chi connectivity index (χ1) is 11.6. The number of carbonyl (C=O) groups is 1. The molecule has 0 saturated heterocycles. The van der Waals surface area contributed by atoms with Gasteiger partial charge in [-0.25, -0.2) is 0 Å². The lowest BCUT2D eigenvalue weighted by molar-refractivity contribution is -0.116. The van der Waals surface area contributed by atoms with Crippen molar-refractivity contribution in [1.29, 1.82) is 0 Å². The maximum Gasteiger partial charge on any atom is 0.226 e. The fourth-order valence-electron chi connectivity index (χ4n) is 2.23. The summed E-state index contributed by atoms with van der Waals surface area (Å²) in [6, 6.07) is 7.53. The molecule has 0 spiro atoms. The Balaban J connectivity index is 1.66. The summed E-state index contributed by atoms with van der Waals surface area (Å²) < 4.78 is 15.4. The van der Waals surface area contributed by atoms with Crippen LogP contribution in [0.2, 0.25) is 0 Å². The molecule has 1 amide bonds. The lowest BCUT2D eigenvalue weighted by Crippen LogP contribution is -2.23. The van der Waals surface area contributed by atoms with Crippen LogP contribution >= 0.6 is 0 Å². The molecule has 0 atom stereocenters. The highest BCUT2D eigenvalue weighted by Crippen LogP contribution is 2.27. The lowest BCUT2D eigenvalue weighted by Gasteiger charge is -2.10. The summed E-state index contributed by atoms with van der Waals surface area (Å²) in [5.41, 5.74) is 1.14. The Morgan fingerprint density at radius 3 is 2.62 bits per heavy atom. The largest absolute Gasteiger partial charge is 0.493 e. The zero-order valence-electron chi connectivity index (χ0n) is 14.2. The molecular weight excluding hydrogens is 310 g/mol. The quantitative estimate of drug-likeness (QED) is 0.684. The number of anilines is 1. The number of nitrogens with zero attached hydrogens (tertiary/aromatic N) is 1. The van der Waals surface area contributed by atoms with Gasteiger partial charge in [-0.3, -0.25) is 4.79 Å². The number of amides is 1. The number of rotatable bonds is 9. The minimum absolute atomic E-state index is 0.0954. The van der Waals surface area contributed by atoms with Crippen LogP contribution in [0.25, 0.3) is 0 Å². The Hall–Kier alpha value is -2.54. The molecule has 1 aromatic heterocycles. The molecule has 0 aliphatic heterocycles. The van der Waals surface area contributed by atoms with Crippen LogP contribution in [0.4, 0.5) is 5.82 Å². The SMILES string of the molecule is COc1ccc(CCNCCC(=O)Nc2cc(C)on2)cc1OC. The predicted octanol–water partition coefficient (Wildman–Crippen LogP) is 2.16. The van der Waals surface area contributed by atoms with Gasteiger partial charge < -0.3 is 24.6 Å². The Kier molecular flexibility index (Phi) is 6.62. The zero-order valence-corrected chi connectivity index (χ0v) is 14.2. The summed E-state index contributed by atoms with van der Waals surface area (Å²) in [5.74, 6) is 2.45. The van der Waals surface area contributed by atoms with E-state index in [9.17, 15) is 4.79 Å². The van der Waals surface area contributed by atoms with Gasteiger partial charge >= 0.3 is 0 Å². The molecule has 0 fully saturated rings. The number of hydrogen-bond acceptors (Lipinski definition) is 6. The smallest absolute Gasteiger partial charge is 0.226 e. The standard InChI is InChI=1S/C17H23N3O4/c1-12-10-16(20-24-12)19-17(21)7-9-18-8-6-13-4-5-14(22-2)15(11-13)23-3/h4-5,10-11,18H,6-9H2,1-3H3,(H,19,20,21). The highest BCUT2D eigenvalue weighted by atomic mass is 16.5. The molecule has 0 radical (unpaired) electrons. The van der Waals surface area contributed by atoms with Crippen LogP contribution in [0, 0.1) is 6.92 Å². The molecule has 7 nitrogen and oxygen atoms in total. The fraction of sp³-hybridized carbons (Fsp3) is 0.412. The van der Waals surface area contributed by atoms with Gasteiger partial charge in [0.2, 0.25) is 5.91 Å². The number of aryl methyl sites for hydroxylation is 1. The van der Waals surface area contributed by atoms with Gasteiger partial charge in [0, 0.05) is 19.0 Å². The van der Waals surface area contributed by atoms with Gasteiger partial charge in [0.05, 0.1) is 14.2 Å². The van der Waals surface area contributed by atoms with Gasteiger partial charge in [-0.15, -0.1) is 0 Å². The molecule has 1 heterocycles. The van der Waals surface area contributed by atoms with Gasteiger partial charge in [-0.2, -0.15) is 0 Å². The van der Waals surface area contributed by atoms with Crippen molar-refractivity contribution in [3.63, 3.8) is 0 Å². The topological polar surface area (TPSA) is 85.6 Å². The van der Waals surface area contributed by atoms with Gasteiger partial charge in [0.25, 0.3) is 0 Å². The highest BCUT2D eigenvalue weighted by molar-refractivity contribution is 5.89. The van der Waals surface area contributed by atoms with Gasteiger partial charge in [0.15, 0.2) is 17.3 Å². The van der Waals surface area contributed by atoms with E-state index in [1.807, 2.05) is 18.2 Å². The molecule has 2 N–H and O–H groups in total. The number of carbonyl (C=O) groups excluding carboxylic acids is 1. The molecule has 1 aromatic carbocycles. The summed E-state index contributed by atoms with van der Waals surface area (Å²) in [7, 11) is 3.24. The van der Waals surface area contributed by atoms with Crippen LogP contribution in [0.3, 0.4) is 0 Å². The van der Waals surface area contributed by atoms with Crippen molar-refractivity contribution in [2.75, 3.05) is 32.6 Å². The Bertz CT molecular complexity index is 670. The van der Waals surface area contributed by atoms with Crippen molar-refractivity contribution in [2.24, 2.45) is 0 Å². The molecular formula is C17H23N3O4. The first-order valence-corrected chi connectivity index (χ1v) is 7.77. The Morgan fingerprint density at radius 2 is 1.96 bits per heavy atom. The number of nitrogens with one attached hydrogen (secondary N) is 2. The first-order valence-electron chi connectivity index (χ1n) is 7.77. The molecule has 130 valence electrons. The van der Waals surface area contributed by atoms with Crippen LogP contribution in [-0.4, -0.2) is 38.4 Å². The molecule has 0 unspecified atom stereocenters. The van der Waals surface area contributed by atoms with E-state index in [0.717, 1.165) is 24.3 Å². The summed E-state index contributed by atoms with van der Waals surface area (Å²) >= 11 is 0. The lowest BCUT2D eigenvalue weighted by atomic mass is 10.1. The molecule has 0 saturated carbocycles. The number of ether oxygens (including phenoxy) is 2. The highest BCUT2D eigenvalue weighted by Gasteiger charge is 2.06. The Morgan fingerprint density at radius 1 is 1.17 bits per heavy atom. The van der Waals surface area contributed by atoms with E-state index in [1.165, 1.54) is 0 Å². The molecule has 2 aromatic rings. The third kappa shape index (κ3) is 5.27. The maximum atomic E-state index is 11.7. The number of methoxy groups -OCH3 is 2. The van der Waals surface area contributed by atoms with Crippen molar-refractivity contribution < 1.29 is 18.8 Å². The van der Waals surface area contributed by atoms with Crippen LogP contribution in [0.15, 0.2) is 28.8 Å². The van der Waals surface area contributed by atoms with Crippen LogP contribution in [-0.2, 0) is 11.2 Å². The number of benzene rings is 1. The average Bonchev–Trinajstić information content (AvgIpc) is 2.99. The van der Waals surface area contributed by atoms with Gasteiger partial charge in [-0.05, 0) is 37.6 Å². The summed E-state index contributed by atoms with van der Waals surface area (Å²) in [6.07, 6.45) is 1.21. The maximum absolute atomic E-state index is 11.7. The Labute approximate surface area is 141 Å². The second kappa shape index (κ2) is 8.93. The normalized spacial score (nSPS) is 10.5. The van der Waals surface area contributed by atoms with Crippen LogP contribution in [0.1, 0.15) is 17.7 Å². The molecule has 0 aliphatic carbocycles. The average molecular weight is 333 g/mol. The monoisotopic (exact) mass is 333 g/mol. The number of aromatic nitrogens is 1. The van der Waals surface area contributed by atoms with Crippen LogP contribution < -0.4 is 20.1 Å². The van der Waals surface area contributed by atoms with Crippen molar-refractivity contribution >= 4 is 11.7 Å². The molecule has 0 aliphatic rings. The minimum atomic E-state index is -0.0954. The predicted molar refractivity (Wildman–Crippen MR) is 90.6 cm³/mol. The first kappa shape index (κ1) is 17.8. The minimum Gasteiger partial charge on any atom is -0.493 e. The summed E-state index contributed by atoms with van der Waals surface area (Å²) in [6.45, 7) is 3.14. The van der Waals surface area contributed by atoms with E-state index in [0.29, 0.717) is 30.3 Å². The van der Waals surface area contributed by atoms with Gasteiger partial charge in [-0.1, -0.05) is 11.2 Å². The molecule has 24 heavy (non-hydrogen) atoms. The van der Waals surface area contributed by atoms with Crippen molar-refractivity contribution in [1.82, 2.24) is 10.5 Å². The van der Waals surface area contributed by atoms with Crippen molar-refractivity contribution in [3.05, 3.63) is 35.6 Å². The molecule has 7 heteroatoms. The van der Waals surface area contributed by atoms with E-state index in [-0.39, 0.29) is 5.91 Å². The molecule has 2 rings (SSSR count). The van der Waals surface area contributed by atoms with Gasteiger partial charge in [0.1, 0.15) is 5.76 Å². The van der Waals surface area contributed by atoms with Crippen molar-refractivity contribution in [2.45, 2.75) is 19.8 Å². The molecule has 0 bridgehead atoms. The summed E-state index contributed by atoms with van der Waals surface area (Å²) in [4.78, 5) is 11.7. The van der Waals surface area contributed by atoms with Crippen molar-refractivity contribution in [3.8, 4) is 11.5 Å². The van der Waals surface area contributed by atoms with E-state index in [4.69, 9.17) is 14.0 Å². The number of hydrogen-bond donors (Lipinski definition) is 2. The fourth-order valence-corrected chi connectivity index (χ4v) is 2.23.